The van der Waals surface area contributed by atoms with E-state index < -0.39 is 15.5 Å². The highest BCUT2D eigenvalue weighted by atomic mass is 32.2. The molecule has 1 aliphatic carbocycles. The van der Waals surface area contributed by atoms with Crippen molar-refractivity contribution in [3.8, 4) is 0 Å². The number of nitrogens with zero attached hydrogens (tertiary/aromatic N) is 2. The molecule has 0 amide bonds. The Labute approximate surface area is 152 Å². The molecule has 0 aromatic heterocycles. The molecule has 2 rings (SSSR count). The van der Waals surface area contributed by atoms with Crippen molar-refractivity contribution in [2.75, 3.05) is 39.9 Å². The van der Waals surface area contributed by atoms with Gasteiger partial charge in [-0.05, 0) is 38.0 Å². The van der Waals surface area contributed by atoms with Gasteiger partial charge in [-0.3, -0.25) is 4.99 Å². The molecule has 0 radical (unpaired) electrons. The minimum atomic E-state index is -5.24. The van der Waals surface area contributed by atoms with Crippen LogP contribution in [-0.4, -0.2) is 70.1 Å². The molecule has 2 aliphatic rings. The van der Waals surface area contributed by atoms with Crippen LogP contribution in [0.3, 0.4) is 0 Å². The molecule has 2 fully saturated rings. The van der Waals surface area contributed by atoms with Gasteiger partial charge in [-0.15, -0.1) is 0 Å². The Hall–Kier alpha value is -1.07. The highest BCUT2D eigenvalue weighted by Crippen LogP contribution is 2.29. The molecule has 0 spiro atoms. The first-order valence-corrected chi connectivity index (χ1v) is 10.3. The number of rotatable bonds is 8. The summed E-state index contributed by atoms with van der Waals surface area (Å²) in [5.74, 6) is 1.30. The third kappa shape index (κ3) is 6.27. The second-order valence-electron chi connectivity index (χ2n) is 6.64. The van der Waals surface area contributed by atoms with Gasteiger partial charge in [-0.25, -0.2) is 8.42 Å². The van der Waals surface area contributed by atoms with Crippen LogP contribution in [0.15, 0.2) is 4.99 Å². The van der Waals surface area contributed by atoms with E-state index in [0.717, 1.165) is 18.9 Å². The van der Waals surface area contributed by atoms with Crippen molar-refractivity contribution < 1.29 is 26.3 Å². The summed E-state index contributed by atoms with van der Waals surface area (Å²) < 4.78 is 66.5. The van der Waals surface area contributed by atoms with Crippen LogP contribution in [0.4, 0.5) is 13.2 Å². The van der Waals surface area contributed by atoms with Crippen molar-refractivity contribution in [3.05, 3.63) is 0 Å². The maximum atomic E-state index is 12.6. The highest BCUT2D eigenvalue weighted by Gasteiger charge is 2.50. The molecule has 7 nitrogen and oxygen atoms in total. The first kappa shape index (κ1) is 21.2. The lowest BCUT2D eigenvalue weighted by molar-refractivity contribution is -0.0494. The van der Waals surface area contributed by atoms with Crippen molar-refractivity contribution in [1.82, 2.24) is 14.9 Å². The maximum absolute atomic E-state index is 12.6. The van der Waals surface area contributed by atoms with Gasteiger partial charge >= 0.3 is 15.5 Å². The summed E-state index contributed by atoms with van der Waals surface area (Å²) in [6.45, 7) is 1.85. The number of alkyl halides is 3. The van der Waals surface area contributed by atoms with Crippen LogP contribution in [0.2, 0.25) is 0 Å². The van der Waals surface area contributed by atoms with Gasteiger partial charge in [-0.1, -0.05) is 0 Å². The lowest BCUT2D eigenvalue weighted by Gasteiger charge is -2.32. The number of hydrogen-bond acceptors (Lipinski definition) is 4. The smallest absolute Gasteiger partial charge is 0.381 e. The topological polar surface area (TPSA) is 83.0 Å². The van der Waals surface area contributed by atoms with Gasteiger partial charge in [0.05, 0.1) is 0 Å². The third-order valence-electron chi connectivity index (χ3n) is 4.46. The first-order chi connectivity index (χ1) is 12.2. The summed E-state index contributed by atoms with van der Waals surface area (Å²) in [7, 11) is -3.62. The molecule has 0 bridgehead atoms. The molecule has 1 heterocycles. The van der Waals surface area contributed by atoms with E-state index in [0.29, 0.717) is 36.3 Å². The van der Waals surface area contributed by atoms with E-state index >= 15 is 0 Å². The molecular weight excluding hydrogens is 373 g/mol. The quantitative estimate of drug-likeness (QED) is 0.364. The zero-order chi connectivity index (χ0) is 19.2. The van der Waals surface area contributed by atoms with Crippen LogP contribution in [0.25, 0.3) is 0 Å². The molecule has 0 aromatic carbocycles. The summed E-state index contributed by atoms with van der Waals surface area (Å²) in [4.78, 5) is 4.09. The number of ether oxygens (including phenoxy) is 1. The van der Waals surface area contributed by atoms with E-state index in [9.17, 15) is 21.6 Å². The average Bonchev–Trinajstić information content (AvgIpc) is 3.40. The van der Waals surface area contributed by atoms with E-state index in [4.69, 9.17) is 4.74 Å². The number of nitrogens with one attached hydrogen (secondary N) is 2. The molecule has 0 unspecified atom stereocenters. The van der Waals surface area contributed by atoms with Crippen molar-refractivity contribution >= 4 is 16.0 Å². The monoisotopic (exact) mass is 400 g/mol. The zero-order valence-electron chi connectivity index (χ0n) is 14.9. The molecular formula is C15H27F3N4O3S. The Morgan fingerprint density at radius 1 is 1.23 bits per heavy atom. The summed E-state index contributed by atoms with van der Waals surface area (Å²) in [6, 6.07) is -0.119. The molecule has 11 heteroatoms. The Morgan fingerprint density at radius 3 is 2.42 bits per heavy atom. The molecule has 1 aliphatic heterocycles. The molecule has 2 N–H and O–H groups in total. The van der Waals surface area contributed by atoms with Gasteiger partial charge in [0.25, 0.3) is 0 Å². The number of aliphatic imine (C=N–C) groups is 1. The second-order valence-corrected chi connectivity index (χ2v) is 8.57. The summed E-state index contributed by atoms with van der Waals surface area (Å²) in [6.07, 6.45) is 3.94. The SMILES string of the molecule is CN=C(NCCCOCC1CC1)NC1CCN(S(=O)(=O)C(F)(F)F)CC1. The Morgan fingerprint density at radius 2 is 1.88 bits per heavy atom. The number of sulfonamides is 1. The average molecular weight is 400 g/mol. The van der Waals surface area contributed by atoms with Crippen molar-refractivity contribution in [1.29, 1.82) is 0 Å². The number of halogens is 3. The molecule has 1 saturated heterocycles. The predicted molar refractivity (Wildman–Crippen MR) is 92.2 cm³/mol. The highest BCUT2D eigenvalue weighted by molar-refractivity contribution is 7.90. The fourth-order valence-electron chi connectivity index (χ4n) is 2.69. The number of hydrogen-bond donors (Lipinski definition) is 2. The van der Waals surface area contributed by atoms with Crippen LogP contribution >= 0.6 is 0 Å². The van der Waals surface area contributed by atoms with E-state index in [1.54, 1.807) is 7.05 Å². The Kier molecular flexibility index (Phi) is 7.53. The van der Waals surface area contributed by atoms with E-state index in [2.05, 4.69) is 15.6 Å². The number of piperidine rings is 1. The third-order valence-corrected chi connectivity index (χ3v) is 6.09. The van der Waals surface area contributed by atoms with Crippen LogP contribution < -0.4 is 10.6 Å². The van der Waals surface area contributed by atoms with Gasteiger partial charge in [0.2, 0.25) is 0 Å². The van der Waals surface area contributed by atoms with Gasteiger partial charge in [0.15, 0.2) is 5.96 Å². The van der Waals surface area contributed by atoms with E-state index in [1.807, 2.05) is 0 Å². The minimum absolute atomic E-state index is 0.119. The largest absolute Gasteiger partial charge is 0.511 e. The van der Waals surface area contributed by atoms with Crippen molar-refractivity contribution in [2.45, 2.75) is 43.7 Å². The number of guanidine groups is 1. The normalized spacial score (nSPS) is 21.0. The summed E-state index contributed by atoms with van der Waals surface area (Å²) >= 11 is 0. The zero-order valence-corrected chi connectivity index (χ0v) is 15.7. The van der Waals surface area contributed by atoms with Crippen molar-refractivity contribution in [2.24, 2.45) is 10.9 Å². The standard InChI is InChI=1S/C15H27F3N4O3S/c1-19-14(20-7-2-10-25-11-12-3-4-12)21-13-5-8-22(9-6-13)26(23,24)15(16,17)18/h12-13H,2-11H2,1H3,(H2,19,20,21). The van der Waals surface area contributed by atoms with Gasteiger partial charge < -0.3 is 15.4 Å². The van der Waals surface area contributed by atoms with Crippen LogP contribution in [-0.2, 0) is 14.8 Å². The summed E-state index contributed by atoms with van der Waals surface area (Å²) in [5.41, 5.74) is -5.24. The molecule has 1 saturated carbocycles. The van der Waals surface area contributed by atoms with E-state index in [-0.39, 0.29) is 19.1 Å². The molecule has 152 valence electrons. The van der Waals surface area contributed by atoms with Crippen LogP contribution in [0.5, 0.6) is 0 Å². The maximum Gasteiger partial charge on any atom is 0.511 e. The van der Waals surface area contributed by atoms with Crippen LogP contribution in [0, 0.1) is 5.92 Å². The van der Waals surface area contributed by atoms with Crippen LogP contribution in [0.1, 0.15) is 32.1 Å². The molecule has 0 aromatic rings. The summed E-state index contributed by atoms with van der Waals surface area (Å²) in [5, 5.41) is 6.26. The first-order valence-electron chi connectivity index (χ1n) is 8.85. The minimum Gasteiger partial charge on any atom is -0.381 e. The van der Waals surface area contributed by atoms with Gasteiger partial charge in [0.1, 0.15) is 0 Å². The van der Waals surface area contributed by atoms with Gasteiger partial charge in [-0.2, -0.15) is 17.5 Å². The lowest BCUT2D eigenvalue weighted by Crippen LogP contribution is -2.51. The Bertz CT molecular complexity index is 571. The predicted octanol–water partition coefficient (Wildman–Crippen LogP) is 1.28. The second kappa shape index (κ2) is 9.23. The fraction of sp³-hybridized carbons (Fsp3) is 0.933. The molecule has 0 atom stereocenters. The van der Waals surface area contributed by atoms with Crippen molar-refractivity contribution in [3.63, 3.8) is 0 Å². The fourth-order valence-corrected chi connectivity index (χ4v) is 3.67. The molecule has 26 heavy (non-hydrogen) atoms. The van der Waals surface area contributed by atoms with Gasteiger partial charge in [0, 0.05) is 45.9 Å². The van der Waals surface area contributed by atoms with E-state index in [1.165, 1.54) is 12.8 Å². The lowest BCUT2D eigenvalue weighted by atomic mass is 10.1. The Balaban J connectivity index is 1.65.